The molecule has 1 unspecified atom stereocenters. The molecule has 3 N–H and O–H groups in total. The fraction of sp³-hybridized carbons (Fsp3) is 0.364. The van der Waals surface area contributed by atoms with E-state index in [2.05, 4.69) is 20.7 Å². The Kier molecular flexibility index (Phi) is 5.76. The number of thiocarbonyl (C=S) groups is 1. The number of rotatable bonds is 5. The number of nitrogens with two attached hydrogens (primary N) is 1. The number of hydrogen-bond acceptors (Lipinski definition) is 3. The smallest absolute Gasteiger partial charge is 0.242 e. The molecule has 0 fully saturated rings. The quantitative estimate of drug-likeness (QED) is 0.764. The second kappa shape index (κ2) is 6.49. The molecule has 0 spiro atoms. The molecule has 0 amide bonds. The van der Waals surface area contributed by atoms with Crippen molar-refractivity contribution in [1.29, 1.82) is 0 Å². The van der Waals surface area contributed by atoms with E-state index in [1.165, 1.54) is 12.1 Å². The SMILES string of the molecule is CC(C)C(NS(=O)(=O)c1ccc(Br)cc1Cl)C(N)=S. The highest BCUT2D eigenvalue weighted by Gasteiger charge is 2.26. The van der Waals surface area contributed by atoms with Crippen molar-refractivity contribution in [3.63, 3.8) is 0 Å². The number of halogens is 2. The lowest BCUT2D eigenvalue weighted by Crippen LogP contribution is -2.46. The van der Waals surface area contributed by atoms with E-state index in [-0.39, 0.29) is 20.8 Å². The molecule has 0 saturated carbocycles. The van der Waals surface area contributed by atoms with Crippen molar-refractivity contribution in [1.82, 2.24) is 4.72 Å². The van der Waals surface area contributed by atoms with Gasteiger partial charge < -0.3 is 5.73 Å². The molecule has 0 aliphatic carbocycles. The Labute approximate surface area is 131 Å². The summed E-state index contributed by atoms with van der Waals surface area (Å²) in [5.74, 6) is -0.0542. The van der Waals surface area contributed by atoms with Crippen molar-refractivity contribution in [2.75, 3.05) is 0 Å². The summed E-state index contributed by atoms with van der Waals surface area (Å²) in [6.07, 6.45) is 0. The Morgan fingerprint density at radius 2 is 2.05 bits per heavy atom. The number of benzene rings is 1. The predicted octanol–water partition coefficient (Wildman–Crippen LogP) is 2.69. The molecule has 0 aliphatic rings. The van der Waals surface area contributed by atoms with Gasteiger partial charge in [0.25, 0.3) is 0 Å². The Morgan fingerprint density at radius 1 is 1.47 bits per heavy atom. The molecule has 1 aromatic rings. The van der Waals surface area contributed by atoms with Crippen LogP contribution in [0.3, 0.4) is 0 Å². The van der Waals surface area contributed by atoms with Crippen LogP contribution in [0.1, 0.15) is 13.8 Å². The van der Waals surface area contributed by atoms with E-state index in [1.807, 2.05) is 13.8 Å². The third kappa shape index (κ3) is 4.39. The van der Waals surface area contributed by atoms with Crippen LogP contribution < -0.4 is 10.5 Å². The normalized spacial score (nSPS) is 13.5. The van der Waals surface area contributed by atoms with Crippen LogP contribution in [-0.4, -0.2) is 19.4 Å². The van der Waals surface area contributed by atoms with Gasteiger partial charge >= 0.3 is 0 Å². The molecule has 1 rings (SSSR count). The first kappa shape index (κ1) is 16.8. The van der Waals surface area contributed by atoms with Crippen molar-refractivity contribution in [2.24, 2.45) is 11.7 Å². The van der Waals surface area contributed by atoms with Crippen LogP contribution in [0.2, 0.25) is 5.02 Å². The van der Waals surface area contributed by atoms with Crippen LogP contribution >= 0.6 is 39.7 Å². The Bertz CT molecular complexity index is 590. The van der Waals surface area contributed by atoms with Crippen molar-refractivity contribution >= 4 is 54.8 Å². The lowest BCUT2D eigenvalue weighted by Gasteiger charge is -2.21. The second-order valence-corrected chi connectivity index (χ2v) is 7.80. The fourth-order valence-corrected chi connectivity index (χ4v) is 4.25. The first-order chi connectivity index (χ1) is 8.65. The summed E-state index contributed by atoms with van der Waals surface area (Å²) in [6, 6.07) is 3.93. The number of hydrogen-bond donors (Lipinski definition) is 2. The van der Waals surface area contributed by atoms with Crippen LogP contribution in [0.15, 0.2) is 27.6 Å². The van der Waals surface area contributed by atoms with Gasteiger partial charge in [-0.2, -0.15) is 0 Å². The van der Waals surface area contributed by atoms with E-state index in [1.54, 1.807) is 6.07 Å². The summed E-state index contributed by atoms with van der Waals surface area (Å²) in [4.78, 5) is 0.103. The monoisotopic (exact) mass is 384 g/mol. The maximum Gasteiger partial charge on any atom is 0.242 e. The average Bonchev–Trinajstić information content (AvgIpc) is 2.24. The predicted molar refractivity (Wildman–Crippen MR) is 84.9 cm³/mol. The standard InChI is InChI=1S/C11H14BrClN2O2S2/c1-6(2)10(11(14)18)15-19(16,17)9-4-3-7(12)5-8(9)13/h3-6,10,15H,1-2H3,(H2,14,18). The lowest BCUT2D eigenvalue weighted by atomic mass is 10.1. The van der Waals surface area contributed by atoms with E-state index in [0.29, 0.717) is 4.47 Å². The molecule has 19 heavy (non-hydrogen) atoms. The van der Waals surface area contributed by atoms with Gasteiger partial charge in [-0.15, -0.1) is 0 Å². The summed E-state index contributed by atoms with van der Waals surface area (Å²) in [7, 11) is -3.77. The highest BCUT2D eigenvalue weighted by atomic mass is 79.9. The van der Waals surface area contributed by atoms with Crippen LogP contribution in [-0.2, 0) is 10.0 Å². The Morgan fingerprint density at radius 3 is 2.47 bits per heavy atom. The van der Waals surface area contributed by atoms with E-state index >= 15 is 0 Å². The van der Waals surface area contributed by atoms with Gasteiger partial charge in [-0.1, -0.05) is 53.6 Å². The molecule has 4 nitrogen and oxygen atoms in total. The third-order valence-corrected chi connectivity index (χ3v) is 5.11. The lowest BCUT2D eigenvalue weighted by molar-refractivity contribution is 0.526. The highest BCUT2D eigenvalue weighted by Crippen LogP contribution is 2.25. The molecular weight excluding hydrogens is 372 g/mol. The average molecular weight is 386 g/mol. The van der Waals surface area contributed by atoms with Gasteiger partial charge in [-0.05, 0) is 24.1 Å². The molecule has 1 atom stereocenters. The van der Waals surface area contributed by atoms with Gasteiger partial charge in [0.15, 0.2) is 0 Å². The van der Waals surface area contributed by atoms with Crippen molar-refractivity contribution in [3.05, 3.63) is 27.7 Å². The van der Waals surface area contributed by atoms with Crippen molar-refractivity contribution in [2.45, 2.75) is 24.8 Å². The van der Waals surface area contributed by atoms with Crippen molar-refractivity contribution < 1.29 is 8.42 Å². The van der Waals surface area contributed by atoms with Crippen LogP contribution in [0.25, 0.3) is 0 Å². The summed E-state index contributed by atoms with van der Waals surface area (Å²) < 4.78 is 27.7. The van der Waals surface area contributed by atoms with Gasteiger partial charge in [-0.25, -0.2) is 13.1 Å². The molecular formula is C11H14BrClN2O2S2. The largest absolute Gasteiger partial charge is 0.392 e. The zero-order valence-electron chi connectivity index (χ0n) is 10.4. The second-order valence-electron chi connectivity index (χ2n) is 4.32. The minimum atomic E-state index is -3.77. The summed E-state index contributed by atoms with van der Waals surface area (Å²) in [5, 5.41) is 0.132. The summed E-state index contributed by atoms with van der Waals surface area (Å²) in [5.41, 5.74) is 5.55. The number of sulfonamides is 1. The molecule has 0 bridgehead atoms. The molecule has 0 saturated heterocycles. The molecule has 0 aliphatic heterocycles. The summed E-state index contributed by atoms with van der Waals surface area (Å²) in [6.45, 7) is 3.66. The molecule has 1 aromatic carbocycles. The minimum absolute atomic E-state index is 0.000679. The van der Waals surface area contributed by atoms with Gasteiger partial charge in [0, 0.05) is 4.47 Å². The van der Waals surface area contributed by atoms with Gasteiger partial charge in [-0.3, -0.25) is 0 Å². The van der Waals surface area contributed by atoms with Crippen molar-refractivity contribution in [3.8, 4) is 0 Å². The van der Waals surface area contributed by atoms with E-state index < -0.39 is 16.1 Å². The molecule has 8 heteroatoms. The topological polar surface area (TPSA) is 72.2 Å². The Hall–Kier alpha value is -0.210. The fourth-order valence-electron chi connectivity index (χ4n) is 1.45. The molecule has 0 heterocycles. The van der Waals surface area contributed by atoms with Crippen LogP contribution in [0, 0.1) is 5.92 Å². The maximum atomic E-state index is 12.3. The van der Waals surface area contributed by atoms with E-state index in [0.717, 1.165) is 0 Å². The third-order valence-electron chi connectivity index (χ3n) is 2.44. The Balaban J connectivity index is 3.14. The van der Waals surface area contributed by atoms with E-state index in [4.69, 9.17) is 29.6 Å². The zero-order valence-corrected chi connectivity index (χ0v) is 14.3. The first-order valence-corrected chi connectivity index (χ1v) is 8.48. The number of nitrogens with one attached hydrogen (secondary N) is 1. The van der Waals surface area contributed by atoms with Gasteiger partial charge in [0.1, 0.15) is 4.90 Å². The molecule has 0 aromatic heterocycles. The van der Waals surface area contributed by atoms with Gasteiger partial charge in [0.2, 0.25) is 10.0 Å². The summed E-state index contributed by atoms with van der Waals surface area (Å²) >= 11 is 14.0. The van der Waals surface area contributed by atoms with Crippen LogP contribution in [0.5, 0.6) is 0 Å². The first-order valence-electron chi connectivity index (χ1n) is 5.42. The zero-order chi connectivity index (χ0) is 14.8. The van der Waals surface area contributed by atoms with E-state index in [9.17, 15) is 8.42 Å². The minimum Gasteiger partial charge on any atom is -0.392 e. The van der Waals surface area contributed by atoms with Crippen LogP contribution in [0.4, 0.5) is 0 Å². The molecule has 106 valence electrons. The highest BCUT2D eigenvalue weighted by molar-refractivity contribution is 9.10. The maximum absolute atomic E-state index is 12.3. The van der Waals surface area contributed by atoms with Gasteiger partial charge in [0.05, 0.1) is 16.1 Å². The molecule has 0 radical (unpaired) electrons.